The number of ether oxygens (including phenoxy) is 2. The lowest BCUT2D eigenvalue weighted by molar-refractivity contribution is -0.116. The maximum absolute atomic E-state index is 12.8. The minimum atomic E-state index is 0.0224. The number of nitrogens with zero attached hydrogens (tertiary/aromatic N) is 3. The highest BCUT2D eigenvalue weighted by molar-refractivity contribution is 7.99. The Morgan fingerprint density at radius 2 is 2.03 bits per heavy atom. The molecule has 0 radical (unpaired) electrons. The van der Waals surface area contributed by atoms with Crippen LogP contribution in [0.2, 0.25) is 0 Å². The molecule has 1 amide bonds. The van der Waals surface area contributed by atoms with Crippen LogP contribution in [0.4, 0.5) is 5.69 Å². The van der Waals surface area contributed by atoms with Crippen LogP contribution in [0.1, 0.15) is 12.5 Å². The molecule has 0 aliphatic carbocycles. The molecule has 29 heavy (non-hydrogen) atoms. The van der Waals surface area contributed by atoms with Crippen molar-refractivity contribution >= 4 is 23.4 Å². The standard InChI is InChI=1S/C21H21N3O4S/c1-13-10-14-6-4-5-7-17(14)24(13)19(25)12-29-21-23-22-20(28-21)16-9-8-15(26-2)11-18(16)27-3/h4-9,11,13H,10,12H2,1-3H3. The third-order valence-corrected chi connectivity index (χ3v) is 5.64. The molecule has 0 saturated carbocycles. The van der Waals surface area contributed by atoms with Gasteiger partial charge in [-0.25, -0.2) is 0 Å². The largest absolute Gasteiger partial charge is 0.497 e. The van der Waals surface area contributed by atoms with Gasteiger partial charge in [-0.15, -0.1) is 10.2 Å². The molecule has 0 saturated heterocycles. The van der Waals surface area contributed by atoms with Gasteiger partial charge in [0.15, 0.2) is 0 Å². The molecule has 0 bridgehead atoms. The maximum atomic E-state index is 12.8. The predicted octanol–water partition coefficient (Wildman–Crippen LogP) is 3.82. The van der Waals surface area contributed by atoms with Gasteiger partial charge in [-0.2, -0.15) is 0 Å². The first-order valence-corrected chi connectivity index (χ1v) is 10.2. The highest BCUT2D eigenvalue weighted by Crippen LogP contribution is 2.35. The smallest absolute Gasteiger partial charge is 0.277 e. The van der Waals surface area contributed by atoms with Crippen molar-refractivity contribution < 1.29 is 18.7 Å². The zero-order valence-corrected chi connectivity index (χ0v) is 17.2. The molecule has 8 heteroatoms. The van der Waals surface area contributed by atoms with Crippen LogP contribution in [0.15, 0.2) is 52.1 Å². The van der Waals surface area contributed by atoms with Crippen LogP contribution in [0, 0.1) is 0 Å². The summed E-state index contributed by atoms with van der Waals surface area (Å²) in [5, 5.41) is 8.49. The quantitative estimate of drug-likeness (QED) is 0.571. The van der Waals surface area contributed by atoms with Gasteiger partial charge >= 0.3 is 0 Å². The van der Waals surface area contributed by atoms with Gasteiger partial charge in [0.25, 0.3) is 11.1 Å². The number of carbonyl (C=O) groups excluding carboxylic acids is 1. The normalized spacial score (nSPS) is 15.3. The highest BCUT2D eigenvalue weighted by atomic mass is 32.2. The number of rotatable bonds is 6. The number of hydrogen-bond acceptors (Lipinski definition) is 7. The van der Waals surface area contributed by atoms with Gasteiger partial charge in [0.05, 0.1) is 25.5 Å². The fraction of sp³-hybridized carbons (Fsp3) is 0.286. The number of aromatic nitrogens is 2. The molecule has 150 valence electrons. The lowest BCUT2D eigenvalue weighted by Crippen LogP contribution is -2.36. The third kappa shape index (κ3) is 3.80. The van der Waals surface area contributed by atoms with E-state index in [1.807, 2.05) is 23.1 Å². The molecule has 1 aliphatic heterocycles. The molecule has 4 rings (SSSR count). The number of thioether (sulfide) groups is 1. The first-order valence-electron chi connectivity index (χ1n) is 9.19. The van der Waals surface area contributed by atoms with Crippen LogP contribution >= 0.6 is 11.8 Å². The van der Waals surface area contributed by atoms with Gasteiger partial charge in [-0.1, -0.05) is 30.0 Å². The minimum absolute atomic E-state index is 0.0224. The molecule has 3 aromatic rings. The summed E-state index contributed by atoms with van der Waals surface area (Å²) in [6, 6.07) is 13.5. The number of hydrogen-bond donors (Lipinski definition) is 0. The molecule has 1 aromatic heterocycles. The molecule has 0 spiro atoms. The van der Waals surface area contributed by atoms with E-state index in [2.05, 4.69) is 23.2 Å². The molecule has 1 atom stereocenters. The summed E-state index contributed by atoms with van der Waals surface area (Å²) < 4.78 is 16.3. The molecular weight excluding hydrogens is 390 g/mol. The summed E-state index contributed by atoms with van der Waals surface area (Å²) in [7, 11) is 3.16. The van der Waals surface area contributed by atoms with Crippen LogP contribution in [0.25, 0.3) is 11.5 Å². The van der Waals surface area contributed by atoms with Crippen LogP contribution in [0.5, 0.6) is 11.5 Å². The van der Waals surface area contributed by atoms with E-state index in [-0.39, 0.29) is 17.7 Å². The first-order chi connectivity index (χ1) is 14.1. The van der Waals surface area contributed by atoms with E-state index in [9.17, 15) is 4.79 Å². The summed E-state index contributed by atoms with van der Waals surface area (Å²) in [5.74, 6) is 1.82. The number of methoxy groups -OCH3 is 2. The Kier molecular flexibility index (Phi) is 5.44. The molecule has 0 fully saturated rings. The number of anilines is 1. The summed E-state index contributed by atoms with van der Waals surface area (Å²) in [4.78, 5) is 14.7. The van der Waals surface area contributed by atoms with Gasteiger partial charge in [-0.3, -0.25) is 4.79 Å². The fourth-order valence-electron chi connectivity index (χ4n) is 3.49. The number of para-hydroxylation sites is 1. The zero-order valence-electron chi connectivity index (χ0n) is 16.4. The first kappa shape index (κ1) is 19.3. The van der Waals surface area contributed by atoms with Crippen molar-refractivity contribution in [3.8, 4) is 23.0 Å². The van der Waals surface area contributed by atoms with Crippen molar-refractivity contribution in [1.29, 1.82) is 0 Å². The number of amides is 1. The maximum Gasteiger partial charge on any atom is 0.277 e. The summed E-state index contributed by atoms with van der Waals surface area (Å²) >= 11 is 1.23. The highest BCUT2D eigenvalue weighted by Gasteiger charge is 2.30. The van der Waals surface area contributed by atoms with E-state index in [4.69, 9.17) is 13.9 Å². The van der Waals surface area contributed by atoms with Crippen molar-refractivity contribution in [2.75, 3.05) is 24.9 Å². The predicted molar refractivity (Wildman–Crippen MR) is 111 cm³/mol. The van der Waals surface area contributed by atoms with Crippen LogP contribution in [-0.2, 0) is 11.2 Å². The number of benzene rings is 2. The Labute approximate surface area is 173 Å². The van der Waals surface area contributed by atoms with Crippen LogP contribution in [0.3, 0.4) is 0 Å². The van der Waals surface area contributed by atoms with Crippen molar-refractivity contribution in [3.63, 3.8) is 0 Å². The van der Waals surface area contributed by atoms with E-state index in [1.165, 1.54) is 17.3 Å². The van der Waals surface area contributed by atoms with Gasteiger partial charge in [-0.05, 0) is 37.1 Å². The summed E-state index contributed by atoms with van der Waals surface area (Å²) in [6.07, 6.45) is 0.870. The Bertz CT molecular complexity index is 1040. The second-order valence-electron chi connectivity index (χ2n) is 6.67. The van der Waals surface area contributed by atoms with E-state index in [1.54, 1.807) is 32.4 Å². The fourth-order valence-corrected chi connectivity index (χ4v) is 4.11. The van der Waals surface area contributed by atoms with Gasteiger partial charge in [0, 0.05) is 17.8 Å². The lowest BCUT2D eigenvalue weighted by atomic mass is 10.1. The molecule has 1 unspecified atom stereocenters. The second-order valence-corrected chi connectivity index (χ2v) is 7.60. The van der Waals surface area contributed by atoms with Crippen molar-refractivity contribution in [2.45, 2.75) is 24.6 Å². The van der Waals surface area contributed by atoms with Gasteiger partial charge < -0.3 is 18.8 Å². The zero-order chi connectivity index (χ0) is 20.4. The molecule has 2 heterocycles. The van der Waals surface area contributed by atoms with Crippen molar-refractivity contribution in [1.82, 2.24) is 10.2 Å². The van der Waals surface area contributed by atoms with Gasteiger partial charge in [0.1, 0.15) is 11.5 Å². The summed E-state index contributed by atoms with van der Waals surface area (Å²) in [5.41, 5.74) is 2.85. The average Bonchev–Trinajstić information content (AvgIpc) is 3.35. The molecule has 7 nitrogen and oxygen atoms in total. The monoisotopic (exact) mass is 411 g/mol. The minimum Gasteiger partial charge on any atom is -0.497 e. The van der Waals surface area contributed by atoms with Crippen molar-refractivity contribution in [2.24, 2.45) is 0 Å². The van der Waals surface area contributed by atoms with Crippen LogP contribution < -0.4 is 14.4 Å². The van der Waals surface area contributed by atoms with Crippen LogP contribution in [-0.4, -0.2) is 42.1 Å². The molecule has 0 N–H and O–H groups in total. The topological polar surface area (TPSA) is 77.7 Å². The summed E-state index contributed by atoms with van der Waals surface area (Å²) in [6.45, 7) is 2.06. The number of fused-ring (bicyclic) bond motifs is 1. The Balaban J connectivity index is 1.46. The molecule has 2 aromatic carbocycles. The Hall–Kier alpha value is -3.00. The van der Waals surface area contributed by atoms with Gasteiger partial charge in [0.2, 0.25) is 5.91 Å². The van der Waals surface area contributed by atoms with E-state index in [0.717, 1.165) is 12.1 Å². The van der Waals surface area contributed by atoms with E-state index >= 15 is 0 Å². The van der Waals surface area contributed by atoms with Crippen molar-refractivity contribution in [3.05, 3.63) is 48.0 Å². The average molecular weight is 411 g/mol. The van der Waals surface area contributed by atoms with E-state index < -0.39 is 0 Å². The third-order valence-electron chi connectivity index (χ3n) is 4.84. The van der Waals surface area contributed by atoms with E-state index in [0.29, 0.717) is 28.2 Å². The molecular formula is C21H21N3O4S. The second kappa shape index (κ2) is 8.16. The number of carbonyl (C=O) groups is 1. The SMILES string of the molecule is COc1ccc(-c2nnc(SCC(=O)N3c4ccccc4CC3C)o2)c(OC)c1. The Morgan fingerprint density at radius 3 is 2.83 bits per heavy atom. The molecule has 1 aliphatic rings. The lowest BCUT2D eigenvalue weighted by Gasteiger charge is -2.22. The Morgan fingerprint density at radius 1 is 1.21 bits per heavy atom.